The Kier molecular flexibility index (Phi) is 7.94. The second kappa shape index (κ2) is 11.5. The quantitative estimate of drug-likeness (QED) is 0.439. The Morgan fingerprint density at radius 1 is 1.03 bits per heavy atom. The molecule has 0 spiro atoms. The van der Waals surface area contributed by atoms with E-state index in [1.165, 1.54) is 7.11 Å². The van der Waals surface area contributed by atoms with Crippen molar-refractivity contribution >= 4 is 17.6 Å². The first-order chi connectivity index (χ1) is 17.9. The van der Waals surface area contributed by atoms with Crippen molar-refractivity contribution in [3.8, 4) is 17.6 Å². The number of ether oxygens (including phenoxy) is 2. The van der Waals surface area contributed by atoms with E-state index in [4.69, 9.17) is 14.7 Å². The number of nitrogens with zero attached hydrogens (tertiary/aromatic N) is 1. The second-order valence-electron chi connectivity index (χ2n) is 9.02. The topological polar surface area (TPSA) is 124 Å². The normalized spacial score (nSPS) is 14.7. The average Bonchev–Trinajstić information content (AvgIpc) is 3.41. The molecule has 1 saturated carbocycles. The van der Waals surface area contributed by atoms with Gasteiger partial charge in [0.1, 0.15) is 12.6 Å². The fraction of sp³-hybridized carbons (Fsp3) is 0.276. The molecule has 1 unspecified atom stereocenters. The highest BCUT2D eigenvalue weighted by molar-refractivity contribution is 5.91. The number of carbonyl (C=O) groups excluding carboxylic acids is 2. The number of hydrogen-bond donors (Lipinski definition) is 2. The number of methoxy groups -OCH3 is 1. The van der Waals surface area contributed by atoms with Crippen LogP contribution in [0.25, 0.3) is 0 Å². The maximum atomic E-state index is 13.5. The van der Waals surface area contributed by atoms with Gasteiger partial charge in [-0.15, -0.1) is 0 Å². The highest BCUT2D eigenvalue weighted by atomic mass is 16.5. The molecule has 2 N–H and O–H groups in total. The summed E-state index contributed by atoms with van der Waals surface area (Å²) in [5.41, 5.74) is 1.23. The highest BCUT2D eigenvalue weighted by Gasteiger charge is 2.38. The molecule has 3 aromatic carbocycles. The minimum atomic E-state index is -1.40. The van der Waals surface area contributed by atoms with Gasteiger partial charge in [-0.2, -0.15) is 5.26 Å². The summed E-state index contributed by atoms with van der Waals surface area (Å²) < 4.78 is 11.5. The van der Waals surface area contributed by atoms with Crippen LogP contribution in [-0.2, 0) is 16.2 Å². The van der Waals surface area contributed by atoms with Gasteiger partial charge in [0.05, 0.1) is 30.3 Å². The highest BCUT2D eigenvalue weighted by Crippen LogP contribution is 2.34. The third-order valence-corrected chi connectivity index (χ3v) is 6.56. The lowest BCUT2D eigenvalue weighted by Gasteiger charge is -2.33. The largest absolute Gasteiger partial charge is 0.548 e. The Labute approximate surface area is 215 Å². The first-order valence-corrected chi connectivity index (χ1v) is 12.1. The summed E-state index contributed by atoms with van der Waals surface area (Å²) in [6.07, 6.45) is 2.03. The molecule has 8 nitrogen and oxygen atoms in total. The molecule has 1 fully saturated rings. The van der Waals surface area contributed by atoms with Gasteiger partial charge in [0.2, 0.25) is 5.91 Å². The average molecular weight is 499 g/mol. The monoisotopic (exact) mass is 498 g/mol. The molecule has 0 bridgehead atoms. The van der Waals surface area contributed by atoms with Crippen LogP contribution >= 0.6 is 0 Å². The van der Waals surface area contributed by atoms with E-state index < -0.39 is 23.5 Å². The van der Waals surface area contributed by atoms with Crippen molar-refractivity contribution in [3.63, 3.8) is 0 Å². The van der Waals surface area contributed by atoms with Crippen molar-refractivity contribution in [1.29, 1.82) is 5.26 Å². The Morgan fingerprint density at radius 3 is 2.35 bits per heavy atom. The number of anilines is 1. The zero-order valence-electron chi connectivity index (χ0n) is 20.5. The van der Waals surface area contributed by atoms with Crippen molar-refractivity contribution in [3.05, 3.63) is 89.5 Å². The smallest absolute Gasteiger partial charge is 0.247 e. The number of benzene rings is 3. The van der Waals surface area contributed by atoms with Crippen molar-refractivity contribution < 1.29 is 24.2 Å². The van der Waals surface area contributed by atoms with Gasteiger partial charge in [-0.05, 0) is 60.4 Å². The number of amides is 1. The number of hydrogen-bond acceptors (Lipinski definition) is 7. The van der Waals surface area contributed by atoms with E-state index in [0.717, 1.165) is 5.56 Å². The van der Waals surface area contributed by atoms with Crippen LogP contribution in [0, 0.1) is 11.3 Å². The lowest BCUT2D eigenvalue weighted by Crippen LogP contribution is -2.59. The lowest BCUT2D eigenvalue weighted by atomic mass is 9.96. The van der Waals surface area contributed by atoms with E-state index in [1.54, 1.807) is 42.5 Å². The summed E-state index contributed by atoms with van der Waals surface area (Å²) >= 11 is 0. The van der Waals surface area contributed by atoms with Gasteiger partial charge in [0.15, 0.2) is 11.5 Å². The molecule has 3 aromatic rings. The molecule has 0 saturated heterocycles. The van der Waals surface area contributed by atoms with Crippen LogP contribution in [0.1, 0.15) is 48.4 Å². The SMILES string of the molecule is COc1cc(C(Nc2ccc(C#N)cc2)C(=O)NC2(C(=O)[O-])CCCC2)ccc1OCc1ccccc1. The summed E-state index contributed by atoms with van der Waals surface area (Å²) in [6, 6.07) is 22.6. The summed E-state index contributed by atoms with van der Waals surface area (Å²) in [5, 5.41) is 27.0. The predicted octanol–water partition coefficient (Wildman–Crippen LogP) is 3.48. The standard InChI is InChI=1S/C29H29N3O5/c1-36-25-17-22(11-14-24(25)37-19-21-7-3-2-4-8-21)26(31-23-12-9-20(18-30)10-13-23)27(33)32-29(28(34)35)15-5-6-16-29/h2-4,7-14,17,26,31H,5-6,15-16,19H2,1H3,(H,32,33)(H,34,35)/p-1. The van der Waals surface area contributed by atoms with Crippen LogP contribution in [0.2, 0.25) is 0 Å². The van der Waals surface area contributed by atoms with Gasteiger partial charge in [-0.1, -0.05) is 49.2 Å². The van der Waals surface area contributed by atoms with E-state index in [0.29, 0.717) is 60.6 Å². The van der Waals surface area contributed by atoms with Gasteiger partial charge in [0, 0.05) is 5.69 Å². The lowest BCUT2D eigenvalue weighted by molar-refractivity contribution is -0.314. The molecule has 8 heteroatoms. The summed E-state index contributed by atoms with van der Waals surface area (Å²) in [4.78, 5) is 25.5. The summed E-state index contributed by atoms with van der Waals surface area (Å²) in [5.74, 6) is -0.842. The Morgan fingerprint density at radius 2 is 1.73 bits per heavy atom. The van der Waals surface area contributed by atoms with Gasteiger partial charge >= 0.3 is 0 Å². The molecule has 0 aliphatic heterocycles. The molecular weight excluding hydrogens is 470 g/mol. The summed E-state index contributed by atoms with van der Waals surface area (Å²) in [7, 11) is 1.52. The molecule has 0 radical (unpaired) electrons. The van der Waals surface area contributed by atoms with Gasteiger partial charge in [0.25, 0.3) is 0 Å². The fourth-order valence-corrected chi connectivity index (χ4v) is 4.49. The molecule has 4 rings (SSSR count). The first kappa shape index (κ1) is 25.6. The molecular formula is C29H28N3O5-. The molecule has 37 heavy (non-hydrogen) atoms. The maximum absolute atomic E-state index is 13.5. The number of carbonyl (C=O) groups is 2. The number of nitrogens with one attached hydrogen (secondary N) is 2. The van der Waals surface area contributed by atoms with E-state index in [9.17, 15) is 14.7 Å². The van der Waals surface area contributed by atoms with Gasteiger partial charge < -0.3 is 30.0 Å². The Bertz CT molecular complexity index is 1280. The predicted molar refractivity (Wildman–Crippen MR) is 136 cm³/mol. The first-order valence-electron chi connectivity index (χ1n) is 12.1. The molecule has 1 amide bonds. The van der Waals surface area contributed by atoms with E-state index in [-0.39, 0.29) is 0 Å². The van der Waals surface area contributed by atoms with Crippen molar-refractivity contribution in [2.75, 3.05) is 12.4 Å². The third-order valence-electron chi connectivity index (χ3n) is 6.56. The number of carboxylic acids is 1. The van der Waals surface area contributed by atoms with Crippen LogP contribution < -0.4 is 25.2 Å². The molecule has 0 aromatic heterocycles. The zero-order chi connectivity index (χ0) is 26.3. The Balaban J connectivity index is 1.62. The molecule has 1 aliphatic rings. The number of rotatable bonds is 10. The summed E-state index contributed by atoms with van der Waals surface area (Å²) in [6.45, 7) is 0.345. The molecule has 0 heterocycles. The zero-order valence-corrected chi connectivity index (χ0v) is 20.5. The number of aliphatic carboxylic acids is 1. The van der Waals surface area contributed by atoms with Gasteiger partial charge in [-0.3, -0.25) is 4.79 Å². The number of carboxylic acid groups (broad SMARTS) is 1. The molecule has 1 atom stereocenters. The Hall–Kier alpha value is -4.51. The van der Waals surface area contributed by atoms with Crippen LogP contribution in [0.3, 0.4) is 0 Å². The van der Waals surface area contributed by atoms with E-state index in [1.807, 2.05) is 30.3 Å². The second-order valence-corrected chi connectivity index (χ2v) is 9.02. The van der Waals surface area contributed by atoms with Crippen LogP contribution in [0.5, 0.6) is 11.5 Å². The van der Waals surface area contributed by atoms with Crippen molar-refractivity contribution in [2.24, 2.45) is 0 Å². The minimum Gasteiger partial charge on any atom is -0.548 e. The molecule has 190 valence electrons. The third kappa shape index (κ3) is 6.01. The van der Waals surface area contributed by atoms with Crippen LogP contribution in [0.4, 0.5) is 5.69 Å². The fourth-order valence-electron chi connectivity index (χ4n) is 4.49. The van der Waals surface area contributed by atoms with Gasteiger partial charge in [-0.25, -0.2) is 0 Å². The van der Waals surface area contributed by atoms with Crippen molar-refractivity contribution in [1.82, 2.24) is 5.32 Å². The maximum Gasteiger partial charge on any atom is 0.247 e. The van der Waals surface area contributed by atoms with E-state index >= 15 is 0 Å². The van der Waals surface area contributed by atoms with Crippen LogP contribution in [-0.4, -0.2) is 24.5 Å². The minimum absolute atomic E-state index is 0.320. The molecule has 1 aliphatic carbocycles. The van der Waals surface area contributed by atoms with E-state index in [2.05, 4.69) is 16.7 Å². The number of nitriles is 1. The van der Waals surface area contributed by atoms with Crippen molar-refractivity contribution in [2.45, 2.75) is 43.9 Å². The van der Waals surface area contributed by atoms with Crippen LogP contribution in [0.15, 0.2) is 72.8 Å².